The Morgan fingerprint density at radius 3 is 2.82 bits per heavy atom. The van der Waals surface area contributed by atoms with Crippen LogP contribution in [0.2, 0.25) is 0 Å². The van der Waals surface area contributed by atoms with Gasteiger partial charge in [-0.3, -0.25) is 4.90 Å². The van der Waals surface area contributed by atoms with E-state index in [1.165, 1.54) is 0 Å². The molecule has 0 radical (unpaired) electrons. The fourth-order valence-electron chi connectivity index (χ4n) is 1.80. The predicted molar refractivity (Wildman–Crippen MR) is 72.0 cm³/mol. The van der Waals surface area contributed by atoms with Crippen LogP contribution >= 0.6 is 0 Å². The summed E-state index contributed by atoms with van der Waals surface area (Å²) in [5.41, 5.74) is 0. The summed E-state index contributed by atoms with van der Waals surface area (Å²) in [6.45, 7) is 6.85. The quantitative estimate of drug-likeness (QED) is 0.704. The highest BCUT2D eigenvalue weighted by Gasteiger charge is 2.17. The largest absolute Gasteiger partial charge is 0.468 e. The Balaban J connectivity index is 2.43. The fourth-order valence-corrected chi connectivity index (χ4v) is 1.80. The molecule has 1 aromatic rings. The lowest BCUT2D eigenvalue weighted by molar-refractivity contribution is 0.244. The minimum Gasteiger partial charge on any atom is -0.468 e. The molecule has 0 aliphatic rings. The molecule has 0 aromatic carbocycles. The van der Waals surface area contributed by atoms with E-state index in [1.54, 1.807) is 6.26 Å². The highest BCUT2D eigenvalue weighted by atomic mass is 16.3. The second-order valence-electron chi connectivity index (χ2n) is 4.67. The summed E-state index contributed by atoms with van der Waals surface area (Å²) in [6, 6.07) is 4.76. The second kappa shape index (κ2) is 7.30. The molecule has 0 aliphatic carbocycles. The fraction of sp³-hybridized carbons (Fsp3) is 0.571. The minimum absolute atomic E-state index is 0.288. The lowest BCUT2D eigenvalue weighted by Gasteiger charge is -2.24. The average Bonchev–Trinajstić information content (AvgIpc) is 2.79. The number of likely N-dealkylation sites (N-methyl/N-ethyl adjacent to an activating group) is 1. The second-order valence-corrected chi connectivity index (χ2v) is 4.67. The lowest BCUT2D eigenvalue weighted by Crippen LogP contribution is -2.35. The van der Waals surface area contributed by atoms with Crippen molar-refractivity contribution in [3.05, 3.63) is 36.8 Å². The third kappa shape index (κ3) is 4.75. The molecule has 0 bridgehead atoms. The molecule has 3 heteroatoms. The van der Waals surface area contributed by atoms with Gasteiger partial charge in [0.05, 0.1) is 12.3 Å². The molecule has 2 unspecified atom stereocenters. The van der Waals surface area contributed by atoms with Gasteiger partial charge in [0, 0.05) is 12.6 Å². The molecule has 1 aromatic heterocycles. The molecule has 3 nitrogen and oxygen atoms in total. The molecule has 0 fully saturated rings. The third-order valence-corrected chi connectivity index (χ3v) is 2.96. The van der Waals surface area contributed by atoms with Gasteiger partial charge in [-0.25, -0.2) is 0 Å². The van der Waals surface area contributed by atoms with Crippen molar-refractivity contribution in [2.75, 3.05) is 20.6 Å². The van der Waals surface area contributed by atoms with Crippen molar-refractivity contribution in [3.8, 4) is 0 Å². The molecule has 0 aliphatic heterocycles. The monoisotopic (exact) mass is 236 g/mol. The number of allylic oxidation sites excluding steroid dienone is 1. The van der Waals surface area contributed by atoms with E-state index in [0.717, 1.165) is 25.1 Å². The molecule has 0 spiro atoms. The molecular formula is C14H24N2O. The summed E-state index contributed by atoms with van der Waals surface area (Å²) in [5.74, 6) is 1.01. The van der Waals surface area contributed by atoms with Gasteiger partial charge in [0.25, 0.3) is 0 Å². The van der Waals surface area contributed by atoms with E-state index < -0.39 is 0 Å². The highest BCUT2D eigenvalue weighted by molar-refractivity contribution is 5.05. The number of hydrogen-bond donors (Lipinski definition) is 1. The third-order valence-electron chi connectivity index (χ3n) is 2.96. The summed E-state index contributed by atoms with van der Waals surface area (Å²) >= 11 is 0. The van der Waals surface area contributed by atoms with Crippen LogP contribution in [-0.2, 0) is 0 Å². The molecule has 0 amide bonds. The number of nitrogens with one attached hydrogen (secondary N) is 1. The van der Waals surface area contributed by atoms with Crippen LogP contribution in [0.25, 0.3) is 0 Å². The first-order valence-electron chi connectivity index (χ1n) is 6.19. The molecule has 96 valence electrons. The normalized spacial score (nSPS) is 14.8. The lowest BCUT2D eigenvalue weighted by atomic mass is 10.1. The molecule has 0 saturated heterocycles. The summed E-state index contributed by atoms with van der Waals surface area (Å²) < 4.78 is 5.47. The van der Waals surface area contributed by atoms with Crippen molar-refractivity contribution in [1.29, 1.82) is 0 Å². The number of hydrogen-bond acceptors (Lipinski definition) is 3. The average molecular weight is 236 g/mol. The SMILES string of the molecule is C=CCCC(C)NCC(c1ccco1)N(C)C. The Bertz CT molecular complexity index is 306. The molecule has 1 rings (SSSR count). The van der Waals surface area contributed by atoms with E-state index in [0.29, 0.717) is 6.04 Å². The van der Waals surface area contributed by atoms with Crippen LogP contribution in [0.4, 0.5) is 0 Å². The molecule has 1 heterocycles. The molecule has 1 N–H and O–H groups in total. The summed E-state index contributed by atoms with van der Waals surface area (Å²) in [5, 5.41) is 3.54. The van der Waals surface area contributed by atoms with Gasteiger partial charge in [0.15, 0.2) is 0 Å². The van der Waals surface area contributed by atoms with Crippen LogP contribution < -0.4 is 5.32 Å². The number of furan rings is 1. The van der Waals surface area contributed by atoms with Crippen molar-refractivity contribution in [3.63, 3.8) is 0 Å². The van der Waals surface area contributed by atoms with Gasteiger partial charge in [0.1, 0.15) is 5.76 Å². The zero-order valence-electron chi connectivity index (χ0n) is 11.1. The molecular weight excluding hydrogens is 212 g/mol. The van der Waals surface area contributed by atoms with Crippen LogP contribution in [0.5, 0.6) is 0 Å². The number of rotatable bonds is 8. The van der Waals surface area contributed by atoms with E-state index in [9.17, 15) is 0 Å². The van der Waals surface area contributed by atoms with E-state index >= 15 is 0 Å². The first kappa shape index (κ1) is 14.0. The summed E-state index contributed by atoms with van der Waals surface area (Å²) in [7, 11) is 4.15. The summed E-state index contributed by atoms with van der Waals surface area (Å²) in [4.78, 5) is 2.17. The maximum Gasteiger partial charge on any atom is 0.122 e. The van der Waals surface area contributed by atoms with Crippen molar-refractivity contribution in [2.45, 2.75) is 31.8 Å². The Labute approximate surface area is 104 Å². The van der Waals surface area contributed by atoms with Gasteiger partial charge >= 0.3 is 0 Å². The van der Waals surface area contributed by atoms with Crippen molar-refractivity contribution >= 4 is 0 Å². The van der Waals surface area contributed by atoms with Crippen LogP contribution in [0.1, 0.15) is 31.6 Å². The van der Waals surface area contributed by atoms with Crippen molar-refractivity contribution in [2.24, 2.45) is 0 Å². The smallest absolute Gasteiger partial charge is 0.122 e. The van der Waals surface area contributed by atoms with E-state index in [2.05, 4.69) is 37.8 Å². The van der Waals surface area contributed by atoms with Gasteiger partial charge < -0.3 is 9.73 Å². The zero-order valence-corrected chi connectivity index (χ0v) is 11.1. The topological polar surface area (TPSA) is 28.4 Å². The van der Waals surface area contributed by atoms with Gasteiger partial charge in [-0.1, -0.05) is 6.08 Å². The molecule has 2 atom stereocenters. The highest BCUT2D eigenvalue weighted by Crippen LogP contribution is 2.17. The predicted octanol–water partition coefficient (Wildman–Crippen LogP) is 2.83. The van der Waals surface area contributed by atoms with Crippen molar-refractivity contribution in [1.82, 2.24) is 10.2 Å². The van der Waals surface area contributed by atoms with Gasteiger partial charge in [-0.05, 0) is 46.0 Å². The Kier molecular flexibility index (Phi) is 6.01. The first-order valence-corrected chi connectivity index (χ1v) is 6.19. The van der Waals surface area contributed by atoms with Crippen LogP contribution in [-0.4, -0.2) is 31.6 Å². The Hall–Kier alpha value is -1.06. The Morgan fingerprint density at radius 2 is 2.29 bits per heavy atom. The first-order chi connectivity index (χ1) is 8.15. The van der Waals surface area contributed by atoms with Gasteiger partial charge in [-0.2, -0.15) is 0 Å². The van der Waals surface area contributed by atoms with E-state index in [-0.39, 0.29) is 6.04 Å². The van der Waals surface area contributed by atoms with E-state index in [1.807, 2.05) is 18.2 Å². The van der Waals surface area contributed by atoms with E-state index in [4.69, 9.17) is 4.42 Å². The van der Waals surface area contributed by atoms with Gasteiger partial charge in [-0.15, -0.1) is 6.58 Å². The van der Waals surface area contributed by atoms with Gasteiger partial charge in [0.2, 0.25) is 0 Å². The molecule has 17 heavy (non-hydrogen) atoms. The van der Waals surface area contributed by atoms with Crippen LogP contribution in [0, 0.1) is 0 Å². The maximum absolute atomic E-state index is 5.47. The van der Waals surface area contributed by atoms with Crippen LogP contribution in [0.3, 0.4) is 0 Å². The standard InChI is InChI=1S/C14H24N2O/c1-5-6-8-12(2)15-11-13(16(3)4)14-9-7-10-17-14/h5,7,9-10,12-13,15H,1,6,8,11H2,2-4H3. The number of nitrogens with zero attached hydrogens (tertiary/aromatic N) is 1. The summed E-state index contributed by atoms with van der Waals surface area (Å²) in [6.07, 6.45) is 5.88. The maximum atomic E-state index is 5.47. The van der Waals surface area contributed by atoms with Crippen LogP contribution in [0.15, 0.2) is 35.5 Å². The zero-order chi connectivity index (χ0) is 12.7. The van der Waals surface area contributed by atoms with Crippen molar-refractivity contribution < 1.29 is 4.42 Å². The Morgan fingerprint density at radius 1 is 1.53 bits per heavy atom. The molecule has 0 saturated carbocycles. The minimum atomic E-state index is 0.288.